The summed E-state index contributed by atoms with van der Waals surface area (Å²) in [4.78, 5) is 38.9. The zero-order valence-electron chi connectivity index (χ0n) is 16.8. The first kappa shape index (κ1) is 21.7. The molecule has 31 heavy (non-hydrogen) atoms. The lowest BCUT2D eigenvalue weighted by atomic mass is 9.70. The van der Waals surface area contributed by atoms with Gasteiger partial charge in [-0.1, -0.05) is 6.07 Å². The van der Waals surface area contributed by atoms with Crippen LogP contribution in [0.2, 0.25) is 0 Å². The number of imide groups is 1. The smallest absolute Gasteiger partial charge is 0.534 e. The molecular weight excluding hydrogens is 428 g/mol. The summed E-state index contributed by atoms with van der Waals surface area (Å²) in [5.74, 6) is -2.47. The highest BCUT2D eigenvalue weighted by Gasteiger charge is 2.60. The molecule has 0 aliphatic carbocycles. The van der Waals surface area contributed by atoms with Crippen LogP contribution in [0.4, 0.5) is 4.79 Å². The van der Waals surface area contributed by atoms with Crippen LogP contribution in [-0.2, 0) is 11.2 Å². The number of nitrogens with one attached hydrogen (secondary N) is 2. The van der Waals surface area contributed by atoms with Crippen molar-refractivity contribution in [3.05, 3.63) is 23.3 Å². The second-order valence-corrected chi connectivity index (χ2v) is 8.45. The van der Waals surface area contributed by atoms with Gasteiger partial charge in [0.15, 0.2) is 0 Å². The van der Waals surface area contributed by atoms with Crippen molar-refractivity contribution in [2.75, 3.05) is 7.11 Å². The van der Waals surface area contributed by atoms with Gasteiger partial charge in [-0.15, -0.1) is 12.4 Å². The van der Waals surface area contributed by atoms with Crippen LogP contribution in [0, 0.1) is 0 Å². The largest absolute Gasteiger partial charge is 0.547 e. The van der Waals surface area contributed by atoms with Crippen LogP contribution in [0.25, 0.3) is 0 Å². The number of carbonyl (C=O) groups excluding carboxylic acids is 2. The molecule has 10 nitrogen and oxygen atoms in total. The van der Waals surface area contributed by atoms with Crippen molar-refractivity contribution in [2.24, 2.45) is 0 Å². The second-order valence-electron chi connectivity index (χ2n) is 8.45. The molecule has 1 aromatic rings. The van der Waals surface area contributed by atoms with Crippen molar-refractivity contribution in [3.8, 4) is 11.5 Å². The first-order chi connectivity index (χ1) is 14.3. The summed E-state index contributed by atoms with van der Waals surface area (Å²) in [6.07, 6.45) is 3.06. The number of methoxy groups -OCH3 is 1. The highest BCUT2D eigenvalue weighted by molar-refractivity contribution is 6.47. The molecule has 1 aromatic carbocycles. The summed E-state index contributed by atoms with van der Waals surface area (Å²) in [5.41, 5.74) is -0.674. The third kappa shape index (κ3) is 3.22. The van der Waals surface area contributed by atoms with Crippen molar-refractivity contribution in [1.82, 2.24) is 15.5 Å². The number of carboxylic acids is 1. The third-order valence-electron chi connectivity index (χ3n) is 6.68. The molecule has 3 amide bonds. The quantitative estimate of drug-likeness (QED) is 0.381. The average Bonchev–Trinajstić information content (AvgIpc) is 3.16. The molecule has 3 saturated heterocycles. The van der Waals surface area contributed by atoms with E-state index in [0.717, 1.165) is 17.7 Å². The molecule has 5 rings (SSSR count). The molecule has 4 heterocycles. The zero-order chi connectivity index (χ0) is 21.2. The van der Waals surface area contributed by atoms with Gasteiger partial charge in [-0.3, -0.25) is 9.69 Å². The van der Waals surface area contributed by atoms with E-state index < -0.39 is 30.6 Å². The van der Waals surface area contributed by atoms with E-state index in [0.29, 0.717) is 18.4 Å². The summed E-state index contributed by atoms with van der Waals surface area (Å²) in [7, 11) is -0.208. The van der Waals surface area contributed by atoms with Crippen LogP contribution in [0.3, 0.4) is 0 Å². The zero-order valence-corrected chi connectivity index (χ0v) is 17.6. The number of carboxylic acid groups (broad SMARTS) is 1. The van der Waals surface area contributed by atoms with E-state index in [1.165, 1.54) is 13.2 Å². The monoisotopic (exact) mass is 451 g/mol. The number of hydrogen-bond donors (Lipinski definition) is 4. The average molecular weight is 452 g/mol. The Hall–Kier alpha value is -2.50. The molecule has 3 fully saturated rings. The number of amides is 3. The SMILES string of the molecule is COc1ccc2c(c1C(=O)O)OB(O)[C@@H](N1C(=O)NC3(C[C@H]4CC[C@@H](C3)N4)C1=O)C2.Cl. The number of rotatable bonds is 3. The molecule has 166 valence electrons. The van der Waals surface area contributed by atoms with Gasteiger partial charge in [0.25, 0.3) is 5.91 Å². The number of hydrogen-bond acceptors (Lipinski definition) is 7. The molecule has 4 N–H and O–H groups in total. The Kier molecular flexibility index (Phi) is 5.31. The van der Waals surface area contributed by atoms with Crippen LogP contribution in [0.5, 0.6) is 11.5 Å². The summed E-state index contributed by atoms with van der Waals surface area (Å²) >= 11 is 0. The fourth-order valence-electron chi connectivity index (χ4n) is 5.39. The van der Waals surface area contributed by atoms with Crippen molar-refractivity contribution in [2.45, 2.75) is 55.7 Å². The lowest BCUT2D eigenvalue weighted by Crippen LogP contribution is -2.59. The summed E-state index contributed by atoms with van der Waals surface area (Å²) in [5, 5.41) is 26.5. The Morgan fingerprint density at radius 1 is 1.29 bits per heavy atom. The minimum atomic E-state index is -1.55. The molecule has 0 radical (unpaired) electrons. The summed E-state index contributed by atoms with van der Waals surface area (Å²) < 4.78 is 10.6. The van der Waals surface area contributed by atoms with Crippen LogP contribution in [-0.4, -0.2) is 70.7 Å². The van der Waals surface area contributed by atoms with Crippen LogP contribution < -0.4 is 20.0 Å². The highest BCUT2D eigenvalue weighted by atomic mass is 35.5. The Bertz CT molecular complexity index is 949. The number of fused-ring (bicyclic) bond motifs is 3. The van der Waals surface area contributed by atoms with Crippen LogP contribution in [0.1, 0.15) is 41.6 Å². The molecule has 4 aliphatic rings. The minimum absolute atomic E-state index is 0. The number of benzene rings is 1. The van der Waals surface area contributed by atoms with E-state index in [1.54, 1.807) is 6.07 Å². The highest BCUT2D eigenvalue weighted by Crippen LogP contribution is 2.41. The predicted molar refractivity (Wildman–Crippen MR) is 111 cm³/mol. The van der Waals surface area contributed by atoms with E-state index in [4.69, 9.17) is 9.39 Å². The van der Waals surface area contributed by atoms with Gasteiger partial charge in [0.1, 0.15) is 22.6 Å². The maximum absolute atomic E-state index is 13.4. The van der Waals surface area contributed by atoms with Gasteiger partial charge in [0.05, 0.1) is 13.1 Å². The standard InChI is InChI=1S/C19H22BN3O7.ClH/c1-29-12-5-2-9-6-13(20(28)30-15(9)14(12)16(24)25)23-17(26)19(22-18(23)27)7-10-3-4-11(8-19)21-10;/h2,5,10-11,13,21,28H,3-4,6-8H2,1H3,(H,22,27)(H,24,25);1H/t10-,11+,13-,19?;/m0./s1. The molecule has 1 spiro atoms. The first-order valence-electron chi connectivity index (χ1n) is 10.0. The Morgan fingerprint density at radius 3 is 2.58 bits per heavy atom. The Morgan fingerprint density at radius 2 is 1.97 bits per heavy atom. The van der Waals surface area contributed by atoms with E-state index in [1.807, 2.05) is 0 Å². The number of carbonyl (C=O) groups is 3. The fourth-order valence-corrected chi connectivity index (χ4v) is 5.39. The fraction of sp³-hybridized carbons (Fsp3) is 0.526. The van der Waals surface area contributed by atoms with Crippen molar-refractivity contribution in [1.29, 1.82) is 0 Å². The van der Waals surface area contributed by atoms with Crippen molar-refractivity contribution in [3.63, 3.8) is 0 Å². The molecule has 4 aliphatic heterocycles. The van der Waals surface area contributed by atoms with Crippen LogP contribution in [0.15, 0.2) is 12.1 Å². The summed E-state index contributed by atoms with van der Waals surface area (Å²) in [6.45, 7) is 0. The van der Waals surface area contributed by atoms with Gasteiger partial charge in [-0.05, 0) is 43.7 Å². The minimum Gasteiger partial charge on any atom is -0.534 e. The number of halogens is 1. The van der Waals surface area contributed by atoms with E-state index in [2.05, 4.69) is 10.6 Å². The Labute approximate surface area is 184 Å². The lowest BCUT2D eigenvalue weighted by molar-refractivity contribution is -0.133. The van der Waals surface area contributed by atoms with Gasteiger partial charge >= 0.3 is 19.1 Å². The van der Waals surface area contributed by atoms with Crippen molar-refractivity contribution < 1.29 is 33.9 Å². The molecule has 0 saturated carbocycles. The maximum Gasteiger partial charge on any atom is 0.547 e. The van der Waals surface area contributed by atoms with E-state index >= 15 is 0 Å². The van der Waals surface area contributed by atoms with Gasteiger partial charge in [0, 0.05) is 12.1 Å². The van der Waals surface area contributed by atoms with Crippen molar-refractivity contribution >= 4 is 37.4 Å². The number of aromatic carboxylic acids is 1. The second kappa shape index (κ2) is 7.58. The molecule has 0 aromatic heterocycles. The maximum atomic E-state index is 13.4. The van der Waals surface area contributed by atoms with E-state index in [9.17, 15) is 24.5 Å². The molecule has 2 bridgehead atoms. The van der Waals surface area contributed by atoms with Gasteiger partial charge in [0.2, 0.25) is 0 Å². The number of urea groups is 1. The predicted octanol–water partition coefficient (Wildman–Crippen LogP) is 0.343. The molecule has 1 unspecified atom stereocenters. The lowest BCUT2D eigenvalue weighted by Gasteiger charge is -2.37. The number of ether oxygens (including phenoxy) is 1. The Balaban J connectivity index is 0.00000231. The first-order valence-corrected chi connectivity index (χ1v) is 10.0. The van der Waals surface area contributed by atoms with Gasteiger partial charge < -0.3 is 30.2 Å². The molecule has 4 atom stereocenters. The van der Waals surface area contributed by atoms with Gasteiger partial charge in [-0.25, -0.2) is 9.59 Å². The summed E-state index contributed by atoms with van der Waals surface area (Å²) in [6, 6.07) is 2.94. The number of nitrogens with zero attached hydrogens (tertiary/aromatic N) is 1. The van der Waals surface area contributed by atoms with Gasteiger partial charge in [-0.2, -0.15) is 0 Å². The molecule has 12 heteroatoms. The third-order valence-corrected chi connectivity index (χ3v) is 6.68. The normalized spacial score (nSPS) is 31.1. The van der Waals surface area contributed by atoms with Crippen LogP contribution >= 0.6 is 12.4 Å². The molecular formula is C19H23BClN3O7. The topological polar surface area (TPSA) is 137 Å². The number of piperidine rings is 1. The van der Waals surface area contributed by atoms with E-state index in [-0.39, 0.29) is 53.9 Å².